The van der Waals surface area contributed by atoms with Crippen molar-refractivity contribution in [2.75, 3.05) is 18.5 Å². The molecule has 2 N–H and O–H groups in total. The maximum absolute atomic E-state index is 12.4. The smallest absolute Gasteiger partial charge is 0.346 e. The summed E-state index contributed by atoms with van der Waals surface area (Å²) >= 11 is 0. The van der Waals surface area contributed by atoms with Crippen LogP contribution in [0.1, 0.15) is 17.3 Å². The van der Waals surface area contributed by atoms with Gasteiger partial charge in [-0.1, -0.05) is 30.3 Å². The molecule has 0 unspecified atom stereocenters. The summed E-state index contributed by atoms with van der Waals surface area (Å²) in [5.41, 5.74) is 7.00. The molecule has 0 saturated carbocycles. The normalized spacial score (nSPS) is 14.6. The van der Waals surface area contributed by atoms with Crippen molar-refractivity contribution in [2.45, 2.75) is 6.92 Å². The van der Waals surface area contributed by atoms with Gasteiger partial charge in [-0.15, -0.1) is 0 Å². The van der Waals surface area contributed by atoms with Crippen LogP contribution in [0.15, 0.2) is 41.6 Å². The molecule has 2 aromatic rings. The first-order valence-corrected chi connectivity index (χ1v) is 7.29. The zero-order valence-corrected chi connectivity index (χ0v) is 13.3. The highest BCUT2D eigenvalue weighted by molar-refractivity contribution is 6.06. The molecular weight excluding hydrogens is 308 g/mol. The van der Waals surface area contributed by atoms with Crippen molar-refractivity contribution >= 4 is 23.5 Å². The van der Waals surface area contributed by atoms with Gasteiger partial charge < -0.3 is 5.73 Å². The van der Waals surface area contributed by atoms with Crippen molar-refractivity contribution in [3.8, 4) is 11.4 Å². The number of hydrazone groups is 1. The van der Waals surface area contributed by atoms with Gasteiger partial charge in [0.2, 0.25) is 0 Å². The molecule has 2 heterocycles. The first kappa shape index (κ1) is 15.6. The maximum atomic E-state index is 12.4. The molecule has 0 fully saturated rings. The highest BCUT2D eigenvalue weighted by Gasteiger charge is 2.29. The van der Waals surface area contributed by atoms with Gasteiger partial charge in [0.05, 0.1) is 12.3 Å². The number of primary amides is 1. The van der Waals surface area contributed by atoms with E-state index in [2.05, 4.69) is 15.1 Å². The van der Waals surface area contributed by atoms with E-state index in [4.69, 9.17) is 5.73 Å². The van der Waals surface area contributed by atoms with E-state index >= 15 is 0 Å². The average Bonchev–Trinajstić information content (AvgIpc) is 2.58. The molecule has 0 saturated heterocycles. The molecule has 1 aliphatic rings. The van der Waals surface area contributed by atoms with Gasteiger partial charge in [0, 0.05) is 18.8 Å². The van der Waals surface area contributed by atoms with Gasteiger partial charge in [0.15, 0.2) is 11.6 Å². The number of benzene rings is 1. The van der Waals surface area contributed by atoms with Gasteiger partial charge in [0.1, 0.15) is 5.56 Å². The van der Waals surface area contributed by atoms with Crippen molar-refractivity contribution in [3.63, 3.8) is 0 Å². The monoisotopic (exact) mass is 324 g/mol. The van der Waals surface area contributed by atoms with E-state index < -0.39 is 5.91 Å². The van der Waals surface area contributed by atoms with Gasteiger partial charge in [-0.25, -0.2) is 19.8 Å². The number of anilines is 1. The minimum atomic E-state index is -0.694. The van der Waals surface area contributed by atoms with Crippen molar-refractivity contribution in [1.29, 1.82) is 0 Å². The van der Waals surface area contributed by atoms with Crippen LogP contribution < -0.4 is 10.6 Å². The molecule has 0 radical (unpaired) electrons. The van der Waals surface area contributed by atoms with Gasteiger partial charge in [-0.05, 0) is 6.92 Å². The van der Waals surface area contributed by atoms with Gasteiger partial charge in [0.25, 0.3) is 5.91 Å². The number of hydrogen-bond donors (Lipinski definition) is 1. The van der Waals surface area contributed by atoms with Crippen LogP contribution in [0.4, 0.5) is 10.6 Å². The number of rotatable bonds is 3. The predicted octanol–water partition coefficient (Wildman–Crippen LogP) is 1.49. The van der Waals surface area contributed by atoms with Crippen LogP contribution in [0.2, 0.25) is 0 Å². The van der Waals surface area contributed by atoms with Crippen LogP contribution in [-0.4, -0.2) is 46.2 Å². The third-order valence-corrected chi connectivity index (χ3v) is 3.54. The van der Waals surface area contributed by atoms with E-state index in [-0.39, 0.29) is 24.0 Å². The molecule has 0 bridgehead atoms. The first-order valence-electron chi connectivity index (χ1n) is 7.29. The fourth-order valence-corrected chi connectivity index (χ4v) is 2.45. The number of carbonyl (C=O) groups excluding carboxylic acids is 2. The van der Waals surface area contributed by atoms with Crippen LogP contribution in [0.3, 0.4) is 0 Å². The molecule has 3 rings (SSSR count). The molecule has 1 aromatic heterocycles. The minimum absolute atomic E-state index is 0.0890. The van der Waals surface area contributed by atoms with Crippen LogP contribution in [0, 0.1) is 0 Å². The van der Waals surface area contributed by atoms with E-state index in [1.54, 1.807) is 14.0 Å². The number of amides is 3. The lowest BCUT2D eigenvalue weighted by Crippen LogP contribution is -2.47. The zero-order chi connectivity index (χ0) is 17.3. The largest absolute Gasteiger partial charge is 0.365 e. The van der Waals surface area contributed by atoms with Crippen molar-refractivity contribution < 1.29 is 9.59 Å². The molecule has 0 atom stereocenters. The summed E-state index contributed by atoms with van der Waals surface area (Å²) < 4.78 is 0. The summed E-state index contributed by atoms with van der Waals surface area (Å²) in [7, 11) is 1.54. The molecule has 8 heteroatoms. The Labute approximate surface area is 138 Å². The number of urea groups is 1. The Balaban J connectivity index is 2.13. The van der Waals surface area contributed by atoms with Crippen LogP contribution in [-0.2, 0) is 0 Å². The number of aromatic nitrogens is 2. The Hall–Kier alpha value is -3.29. The van der Waals surface area contributed by atoms with Gasteiger partial charge in [-0.2, -0.15) is 5.10 Å². The van der Waals surface area contributed by atoms with E-state index in [0.29, 0.717) is 11.5 Å². The number of nitrogens with zero attached hydrogens (tertiary/aromatic N) is 5. The third-order valence-electron chi connectivity index (χ3n) is 3.54. The lowest BCUT2D eigenvalue weighted by molar-refractivity contribution is 0.1000. The molecule has 122 valence electrons. The van der Waals surface area contributed by atoms with Gasteiger partial charge >= 0.3 is 6.03 Å². The van der Waals surface area contributed by atoms with Crippen LogP contribution in [0.25, 0.3) is 11.4 Å². The van der Waals surface area contributed by atoms with E-state index in [9.17, 15) is 9.59 Å². The molecule has 1 aliphatic heterocycles. The molecule has 0 aliphatic carbocycles. The SMILES string of the molecule is CC1=NN(C)C(=O)N(c2nc(-c3ccccc3)ncc2C(N)=O)C1. The summed E-state index contributed by atoms with van der Waals surface area (Å²) in [5, 5.41) is 5.30. The highest BCUT2D eigenvalue weighted by atomic mass is 16.2. The Morgan fingerprint density at radius 3 is 2.62 bits per heavy atom. The van der Waals surface area contributed by atoms with E-state index in [1.165, 1.54) is 16.1 Å². The van der Waals surface area contributed by atoms with Crippen LogP contribution >= 0.6 is 0 Å². The summed E-state index contributed by atoms with van der Waals surface area (Å²) in [5.74, 6) is -0.103. The summed E-state index contributed by atoms with van der Waals surface area (Å²) in [6.07, 6.45) is 1.35. The molecule has 24 heavy (non-hydrogen) atoms. The minimum Gasteiger partial charge on any atom is -0.365 e. The Morgan fingerprint density at radius 2 is 1.96 bits per heavy atom. The number of hydrogen-bond acceptors (Lipinski definition) is 5. The van der Waals surface area contributed by atoms with Gasteiger partial charge in [-0.3, -0.25) is 9.69 Å². The standard InChI is InChI=1S/C16H16N6O2/c1-10-9-22(16(24)21(2)20-10)15-12(13(17)23)8-18-14(19-15)11-6-4-3-5-7-11/h3-8H,9H2,1-2H3,(H2,17,23). The van der Waals surface area contributed by atoms with E-state index in [1.807, 2.05) is 30.3 Å². The number of nitrogens with two attached hydrogens (primary N) is 1. The topological polar surface area (TPSA) is 105 Å². The third kappa shape index (κ3) is 2.81. The highest BCUT2D eigenvalue weighted by Crippen LogP contribution is 2.24. The van der Waals surface area contributed by atoms with Crippen molar-refractivity contribution in [1.82, 2.24) is 15.0 Å². The second-order valence-electron chi connectivity index (χ2n) is 5.39. The van der Waals surface area contributed by atoms with E-state index in [0.717, 1.165) is 5.56 Å². The average molecular weight is 324 g/mol. The lowest BCUT2D eigenvalue weighted by atomic mass is 10.2. The number of carbonyl (C=O) groups is 2. The maximum Gasteiger partial charge on any atom is 0.346 e. The Bertz CT molecular complexity index is 834. The summed E-state index contributed by atoms with van der Waals surface area (Å²) in [6, 6.07) is 8.90. The fraction of sp³-hybridized carbons (Fsp3) is 0.188. The van der Waals surface area contributed by atoms with Crippen molar-refractivity contribution in [3.05, 3.63) is 42.1 Å². The second kappa shape index (κ2) is 6.07. The van der Waals surface area contributed by atoms with Crippen molar-refractivity contribution in [2.24, 2.45) is 10.8 Å². The van der Waals surface area contributed by atoms with Crippen LogP contribution in [0.5, 0.6) is 0 Å². The summed E-state index contributed by atoms with van der Waals surface area (Å²) in [6.45, 7) is 2.02. The molecule has 1 aromatic carbocycles. The molecular formula is C16H16N6O2. The Kier molecular flexibility index (Phi) is 3.95. The second-order valence-corrected chi connectivity index (χ2v) is 5.39. The fourth-order valence-electron chi connectivity index (χ4n) is 2.45. The lowest BCUT2D eigenvalue weighted by Gasteiger charge is -2.30. The summed E-state index contributed by atoms with van der Waals surface area (Å²) in [4.78, 5) is 34.2. The molecule has 3 amide bonds. The quantitative estimate of drug-likeness (QED) is 0.923. The Morgan fingerprint density at radius 1 is 1.25 bits per heavy atom. The predicted molar refractivity (Wildman–Crippen MR) is 89.6 cm³/mol. The first-order chi connectivity index (χ1) is 11.5. The molecule has 8 nitrogen and oxygen atoms in total. The molecule has 0 spiro atoms. The zero-order valence-electron chi connectivity index (χ0n) is 13.3.